The minimum Gasteiger partial charge on any atom is -0.462 e. The molecule has 0 radical (unpaired) electrons. The van der Waals surface area contributed by atoms with Crippen molar-refractivity contribution in [3.05, 3.63) is 69.5 Å². The number of para-hydroxylation sites is 1. The summed E-state index contributed by atoms with van der Waals surface area (Å²) in [7, 11) is 0. The number of carbonyl (C=O) groups excluding carboxylic acids is 1. The van der Waals surface area contributed by atoms with Crippen LogP contribution >= 0.6 is 34.5 Å². The van der Waals surface area contributed by atoms with Crippen molar-refractivity contribution in [1.29, 1.82) is 0 Å². The number of ether oxygens (including phenoxy) is 1. The smallest absolute Gasteiger partial charge is 0.341 e. The third-order valence-electron chi connectivity index (χ3n) is 3.52. The van der Waals surface area contributed by atoms with Gasteiger partial charge >= 0.3 is 5.97 Å². The third-order valence-corrected chi connectivity index (χ3v) is 4.97. The van der Waals surface area contributed by atoms with Gasteiger partial charge in [0.2, 0.25) is 0 Å². The van der Waals surface area contributed by atoms with Crippen LogP contribution in [0.4, 0.5) is 10.7 Å². The predicted octanol–water partition coefficient (Wildman–Crippen LogP) is 6.64. The number of halogens is 2. The minimum atomic E-state index is -0.386. The number of carbonyl (C=O) groups is 1. The summed E-state index contributed by atoms with van der Waals surface area (Å²) in [6.07, 6.45) is 0. The summed E-state index contributed by atoms with van der Waals surface area (Å²) >= 11 is 13.7. The molecule has 0 atom stereocenters. The molecule has 2 aromatic carbocycles. The van der Waals surface area contributed by atoms with Crippen LogP contribution < -0.4 is 5.32 Å². The highest BCUT2D eigenvalue weighted by atomic mass is 35.5. The van der Waals surface area contributed by atoms with Crippen LogP contribution in [0.2, 0.25) is 10.0 Å². The molecule has 0 saturated heterocycles. The molecule has 0 spiro atoms. The molecule has 1 aromatic heterocycles. The van der Waals surface area contributed by atoms with Gasteiger partial charge in [0.15, 0.2) is 0 Å². The maximum absolute atomic E-state index is 12.6. The number of esters is 1. The van der Waals surface area contributed by atoms with Gasteiger partial charge in [-0.25, -0.2) is 4.79 Å². The Morgan fingerprint density at radius 3 is 2.56 bits per heavy atom. The molecule has 25 heavy (non-hydrogen) atoms. The molecule has 0 aliphatic rings. The number of rotatable bonds is 5. The Labute approximate surface area is 160 Å². The van der Waals surface area contributed by atoms with Crippen molar-refractivity contribution in [2.75, 3.05) is 11.9 Å². The van der Waals surface area contributed by atoms with E-state index in [9.17, 15) is 4.79 Å². The Morgan fingerprint density at radius 2 is 1.88 bits per heavy atom. The summed E-state index contributed by atoms with van der Waals surface area (Å²) < 4.78 is 5.25. The number of anilines is 2. The molecule has 0 amide bonds. The standard InChI is InChI=1S/C19H15Cl2NO2S/c1-2-24-19(23)17-15(14-9-8-12(20)10-16(14)21)11-25-18(17)22-13-6-4-3-5-7-13/h3-11,22H,2H2,1H3. The fraction of sp³-hybridized carbons (Fsp3) is 0.105. The van der Waals surface area contributed by atoms with Gasteiger partial charge in [-0.15, -0.1) is 11.3 Å². The lowest BCUT2D eigenvalue weighted by atomic mass is 10.0. The third kappa shape index (κ3) is 3.98. The summed E-state index contributed by atoms with van der Waals surface area (Å²) in [6.45, 7) is 2.08. The first kappa shape index (κ1) is 17.8. The molecule has 3 nitrogen and oxygen atoms in total. The first-order valence-corrected chi connectivity index (χ1v) is 9.29. The molecule has 6 heteroatoms. The minimum absolute atomic E-state index is 0.299. The Kier molecular flexibility index (Phi) is 5.63. The summed E-state index contributed by atoms with van der Waals surface area (Å²) in [5, 5.41) is 6.92. The number of nitrogens with one attached hydrogen (secondary N) is 1. The molecule has 0 saturated carbocycles. The van der Waals surface area contributed by atoms with Crippen LogP contribution in [-0.2, 0) is 4.74 Å². The van der Waals surface area contributed by atoms with Crippen molar-refractivity contribution in [2.45, 2.75) is 6.92 Å². The van der Waals surface area contributed by atoms with Gasteiger partial charge in [0.25, 0.3) is 0 Å². The van der Waals surface area contributed by atoms with Crippen molar-refractivity contribution in [2.24, 2.45) is 0 Å². The lowest BCUT2D eigenvalue weighted by Crippen LogP contribution is -2.07. The fourth-order valence-corrected chi connectivity index (χ4v) is 3.89. The average molecular weight is 392 g/mol. The second-order valence-electron chi connectivity index (χ2n) is 5.19. The molecular weight excluding hydrogens is 377 g/mol. The molecule has 0 aliphatic heterocycles. The lowest BCUT2D eigenvalue weighted by Gasteiger charge is -2.10. The van der Waals surface area contributed by atoms with Crippen LogP contribution in [0, 0.1) is 0 Å². The van der Waals surface area contributed by atoms with Crippen LogP contribution in [0.3, 0.4) is 0 Å². The molecule has 0 fully saturated rings. The van der Waals surface area contributed by atoms with E-state index in [1.165, 1.54) is 11.3 Å². The van der Waals surface area contributed by atoms with Gasteiger partial charge in [-0.2, -0.15) is 0 Å². The number of hydrogen-bond donors (Lipinski definition) is 1. The Bertz CT molecular complexity index is 894. The van der Waals surface area contributed by atoms with Crippen molar-refractivity contribution < 1.29 is 9.53 Å². The zero-order valence-corrected chi connectivity index (χ0v) is 15.7. The number of hydrogen-bond acceptors (Lipinski definition) is 4. The highest BCUT2D eigenvalue weighted by Crippen LogP contribution is 2.40. The average Bonchev–Trinajstić information content (AvgIpc) is 2.99. The van der Waals surface area contributed by atoms with Crippen LogP contribution in [0.15, 0.2) is 53.9 Å². The van der Waals surface area contributed by atoms with Crippen molar-refractivity contribution >= 4 is 51.2 Å². The maximum Gasteiger partial charge on any atom is 0.341 e. The molecule has 0 bridgehead atoms. The molecule has 128 valence electrons. The van der Waals surface area contributed by atoms with E-state index in [1.807, 2.05) is 41.8 Å². The molecule has 1 N–H and O–H groups in total. The van der Waals surface area contributed by atoms with E-state index >= 15 is 0 Å². The second-order valence-corrected chi connectivity index (χ2v) is 6.91. The van der Waals surface area contributed by atoms with Crippen molar-refractivity contribution in [1.82, 2.24) is 0 Å². The number of benzene rings is 2. The normalized spacial score (nSPS) is 10.5. The van der Waals surface area contributed by atoms with E-state index in [-0.39, 0.29) is 5.97 Å². The molecular formula is C19H15Cl2NO2S. The Hall–Kier alpha value is -2.01. The maximum atomic E-state index is 12.6. The van der Waals surface area contributed by atoms with E-state index in [2.05, 4.69) is 5.32 Å². The predicted molar refractivity (Wildman–Crippen MR) is 105 cm³/mol. The SMILES string of the molecule is CCOC(=O)c1c(-c2ccc(Cl)cc2Cl)csc1Nc1ccccc1. The van der Waals surface area contributed by atoms with Gasteiger partial charge in [0, 0.05) is 32.2 Å². The van der Waals surface area contributed by atoms with E-state index in [0.29, 0.717) is 27.2 Å². The molecule has 0 unspecified atom stereocenters. The molecule has 3 aromatic rings. The molecule has 3 rings (SSSR count). The van der Waals surface area contributed by atoms with Crippen LogP contribution in [0.25, 0.3) is 11.1 Å². The lowest BCUT2D eigenvalue weighted by molar-refractivity contribution is 0.0529. The second kappa shape index (κ2) is 7.91. The van der Waals surface area contributed by atoms with Gasteiger partial charge < -0.3 is 10.1 Å². The van der Waals surface area contributed by atoms with Crippen LogP contribution in [-0.4, -0.2) is 12.6 Å². The Morgan fingerprint density at radius 1 is 1.12 bits per heavy atom. The van der Waals surface area contributed by atoms with Crippen molar-refractivity contribution in [3.8, 4) is 11.1 Å². The van der Waals surface area contributed by atoms with E-state index in [1.54, 1.807) is 19.1 Å². The summed E-state index contributed by atoms with van der Waals surface area (Å²) in [6, 6.07) is 14.9. The van der Waals surface area contributed by atoms with Crippen LogP contribution in [0.5, 0.6) is 0 Å². The van der Waals surface area contributed by atoms with Gasteiger partial charge in [-0.05, 0) is 31.2 Å². The first-order chi connectivity index (χ1) is 12.1. The molecule has 0 aliphatic carbocycles. The molecule has 1 heterocycles. The zero-order valence-electron chi connectivity index (χ0n) is 13.4. The monoisotopic (exact) mass is 391 g/mol. The summed E-state index contributed by atoms with van der Waals surface area (Å²) in [5.41, 5.74) is 2.83. The highest BCUT2D eigenvalue weighted by Gasteiger charge is 2.23. The van der Waals surface area contributed by atoms with Gasteiger partial charge in [0.05, 0.1) is 6.61 Å². The van der Waals surface area contributed by atoms with E-state index in [4.69, 9.17) is 27.9 Å². The largest absolute Gasteiger partial charge is 0.462 e. The summed E-state index contributed by atoms with van der Waals surface area (Å²) in [4.78, 5) is 12.6. The van der Waals surface area contributed by atoms with Gasteiger partial charge in [-0.1, -0.05) is 47.5 Å². The van der Waals surface area contributed by atoms with Gasteiger partial charge in [0.1, 0.15) is 10.6 Å². The van der Waals surface area contributed by atoms with E-state index in [0.717, 1.165) is 16.8 Å². The topological polar surface area (TPSA) is 38.3 Å². The highest BCUT2D eigenvalue weighted by molar-refractivity contribution is 7.15. The van der Waals surface area contributed by atoms with Crippen LogP contribution in [0.1, 0.15) is 17.3 Å². The first-order valence-electron chi connectivity index (χ1n) is 7.66. The van der Waals surface area contributed by atoms with Gasteiger partial charge in [-0.3, -0.25) is 0 Å². The summed E-state index contributed by atoms with van der Waals surface area (Å²) in [5.74, 6) is -0.386. The Balaban J connectivity index is 2.08. The fourth-order valence-electron chi connectivity index (χ4n) is 2.41. The quantitative estimate of drug-likeness (QED) is 0.495. The zero-order chi connectivity index (χ0) is 17.8. The van der Waals surface area contributed by atoms with Crippen molar-refractivity contribution in [3.63, 3.8) is 0 Å². The van der Waals surface area contributed by atoms with E-state index < -0.39 is 0 Å². The number of thiophene rings is 1.